The Morgan fingerprint density at radius 2 is 0.901 bits per heavy atom. The van der Waals surface area contributed by atoms with Crippen molar-refractivity contribution in [1.29, 1.82) is 0 Å². The van der Waals surface area contributed by atoms with E-state index in [9.17, 15) is 0 Å². The first kappa shape index (κ1) is 43.5. The third-order valence-electron chi connectivity index (χ3n) is 13.0. The zero-order valence-electron chi connectivity index (χ0n) is 36.5. The Hall–Kier alpha value is -7.55. The molecule has 0 fully saturated rings. The van der Waals surface area contributed by atoms with E-state index in [0.717, 1.165) is 82.3 Å². The molecule has 9 heterocycles. The van der Waals surface area contributed by atoms with E-state index in [1.807, 2.05) is 122 Å². The number of hydrogen-bond acceptors (Lipinski definition) is 9. The maximum absolute atomic E-state index is 6.55. The van der Waals surface area contributed by atoms with E-state index < -0.39 is 0 Å². The molecule has 0 aliphatic carbocycles. The van der Waals surface area contributed by atoms with Gasteiger partial charge in [0.25, 0.3) is 0 Å². The molecule has 0 saturated heterocycles. The Morgan fingerprint density at radius 3 is 1.42 bits per heavy atom. The fraction of sp³-hybridized carbons (Fsp3) is 0. The average molecular weight is 1290 g/mol. The summed E-state index contributed by atoms with van der Waals surface area (Å²) in [5.41, 5.74) is 13.0. The van der Waals surface area contributed by atoms with Crippen LogP contribution in [0, 0.1) is 35.7 Å². The van der Waals surface area contributed by atoms with E-state index in [4.69, 9.17) is 39.1 Å². The van der Waals surface area contributed by atoms with Gasteiger partial charge in [-0.15, -0.1) is 46.1 Å². The van der Waals surface area contributed by atoms with Gasteiger partial charge in [-0.05, 0) is 46.8 Å². The zero-order chi connectivity index (χ0) is 45.2. The molecule has 4 aliphatic heterocycles. The first-order valence-electron chi connectivity index (χ1n) is 22.2. The van der Waals surface area contributed by atoms with Gasteiger partial charge in [0.2, 0.25) is 13.4 Å². The van der Waals surface area contributed by atoms with Crippen LogP contribution in [0.2, 0.25) is 0 Å². The van der Waals surface area contributed by atoms with Gasteiger partial charge in [0, 0.05) is 88.1 Å². The Balaban J connectivity index is 0.00000246. The molecule has 342 valence electrons. The summed E-state index contributed by atoms with van der Waals surface area (Å²) in [6, 6.07) is 58.5. The number of aromatic nitrogens is 6. The van der Waals surface area contributed by atoms with Crippen LogP contribution in [0.25, 0.3) is 55.2 Å². The summed E-state index contributed by atoms with van der Waals surface area (Å²) >= 11 is 1.47. The predicted molar refractivity (Wildman–Crippen MR) is 264 cm³/mol. The molecule has 15 rings (SSSR count). The maximum Gasteiger partial charge on any atom is 0.215 e. The second-order valence-electron chi connectivity index (χ2n) is 17.0. The minimum Gasteiger partial charge on any atom is -0.503 e. The Bertz CT molecular complexity index is 3640. The molecule has 0 N–H and O–H groups in total. The van der Waals surface area contributed by atoms with Gasteiger partial charge >= 0.3 is 0 Å². The van der Waals surface area contributed by atoms with Crippen molar-refractivity contribution in [3.8, 4) is 101 Å². The topological polar surface area (TPSA) is 98.3 Å². The number of nitrogens with zero attached hydrogens (tertiary/aromatic N) is 6. The van der Waals surface area contributed by atoms with Gasteiger partial charge in [0.1, 0.15) is 23.0 Å². The number of hydrogen-bond donors (Lipinski definition) is 0. The molecule has 0 atom stereocenters. The van der Waals surface area contributed by atoms with Crippen LogP contribution in [0.5, 0.6) is 46.3 Å². The van der Waals surface area contributed by atoms with Crippen LogP contribution < -0.4 is 51.7 Å². The molecule has 11 aromatic rings. The summed E-state index contributed by atoms with van der Waals surface area (Å²) in [5.74, 6) is 5.15. The van der Waals surface area contributed by atoms with Gasteiger partial charge in [0.05, 0.1) is 24.2 Å². The van der Waals surface area contributed by atoms with Crippen LogP contribution in [0.15, 0.2) is 159 Å². The molecule has 6 aromatic carbocycles. The molecule has 15 heteroatoms. The van der Waals surface area contributed by atoms with Gasteiger partial charge in [-0.2, -0.15) is 32.8 Å². The van der Waals surface area contributed by atoms with Crippen molar-refractivity contribution < 1.29 is 61.1 Å². The minimum atomic E-state index is -0.325. The SMILES string of the molecule is [Pt].[Pt].[c-]1sc(-c2[c-]c3c(cc2)Oc2cccc4c2B3c2[c-]c(-n3cc(-c5ccccc5)cn3)cnc2O4)[c-]c1-c1[c-]c2c(cc1)Oc1cccc3c1B2c1[c-]c(-n2cc(-c4ccccc4)cn2)cnc1O3. The van der Waals surface area contributed by atoms with Gasteiger partial charge in [-0.3, -0.25) is 14.7 Å². The number of ether oxygens (including phenoxy) is 4. The van der Waals surface area contributed by atoms with Crippen molar-refractivity contribution in [2.75, 3.05) is 0 Å². The Labute approximate surface area is 440 Å². The van der Waals surface area contributed by atoms with Crippen LogP contribution in [0.3, 0.4) is 0 Å². The quantitative estimate of drug-likeness (QED) is 0.123. The van der Waals surface area contributed by atoms with Gasteiger partial charge < -0.3 is 57.4 Å². The first-order chi connectivity index (χ1) is 34.1. The largest absolute Gasteiger partial charge is 0.503 e. The number of benzene rings is 6. The standard InChI is InChI=1S/C56H26B2N6O4S.2Pt/c1-3-9-33(10-4-1)38-26-61-63(30-38)40-24-44-55(59-28-40)67-50-15-7-13-48-53(50)57(44)42-21-35(17-19-46(42)65-48)37-23-52(69-32-37)36-18-20-47-43(22-36)58-45-25-41(64-31-39(27-62-64)34-11-5-2-6-12-34)29-60-56(45)68-51-16-8-14-49(66-47)54(51)58;;/h1-20,26-31H;;/q-6;;. The normalized spacial score (nSPS) is 12.7. The van der Waals surface area contributed by atoms with Gasteiger partial charge in [-0.25, -0.2) is 12.1 Å². The summed E-state index contributed by atoms with van der Waals surface area (Å²) in [4.78, 5) is 10.5. The minimum absolute atomic E-state index is 0. The van der Waals surface area contributed by atoms with Crippen molar-refractivity contribution >= 4 is 57.5 Å². The van der Waals surface area contributed by atoms with Crippen molar-refractivity contribution in [1.82, 2.24) is 29.5 Å². The third-order valence-corrected chi connectivity index (χ3v) is 13.8. The summed E-state index contributed by atoms with van der Waals surface area (Å²) in [6.07, 6.45) is 11.2. The molecule has 0 bridgehead atoms. The molecule has 71 heavy (non-hydrogen) atoms. The molecule has 4 aliphatic rings. The zero-order valence-corrected chi connectivity index (χ0v) is 41.9. The van der Waals surface area contributed by atoms with E-state index in [1.54, 1.807) is 21.8 Å². The van der Waals surface area contributed by atoms with Crippen LogP contribution in [-0.2, 0) is 42.1 Å². The first-order valence-corrected chi connectivity index (χ1v) is 23.0. The summed E-state index contributed by atoms with van der Waals surface area (Å²) in [5, 5.41) is 12.9. The molecular formula is C56H26B2N6O4Pt2S-6. The van der Waals surface area contributed by atoms with Gasteiger partial charge in [-0.1, -0.05) is 85.2 Å². The van der Waals surface area contributed by atoms with Crippen molar-refractivity contribution in [2.45, 2.75) is 0 Å². The third kappa shape index (κ3) is 7.09. The maximum atomic E-state index is 6.55. The fourth-order valence-corrected chi connectivity index (χ4v) is 10.5. The molecule has 10 nitrogen and oxygen atoms in total. The monoisotopic (exact) mass is 1290 g/mol. The van der Waals surface area contributed by atoms with Gasteiger partial charge in [0.15, 0.2) is 0 Å². The van der Waals surface area contributed by atoms with Crippen molar-refractivity contribution in [2.24, 2.45) is 0 Å². The fourth-order valence-electron chi connectivity index (χ4n) is 9.76. The van der Waals surface area contributed by atoms with Crippen LogP contribution in [0.1, 0.15) is 0 Å². The van der Waals surface area contributed by atoms with E-state index in [2.05, 4.69) is 60.0 Å². The Morgan fingerprint density at radius 1 is 0.423 bits per heavy atom. The number of pyridine rings is 2. The van der Waals surface area contributed by atoms with E-state index in [0.29, 0.717) is 51.9 Å². The molecule has 0 unspecified atom stereocenters. The summed E-state index contributed by atoms with van der Waals surface area (Å²) < 4.78 is 29.5. The van der Waals surface area contributed by atoms with Crippen molar-refractivity contribution in [3.05, 3.63) is 194 Å². The molecule has 0 radical (unpaired) electrons. The van der Waals surface area contributed by atoms with Crippen LogP contribution in [0.4, 0.5) is 0 Å². The second-order valence-corrected chi connectivity index (χ2v) is 17.8. The average Bonchev–Trinajstić information content (AvgIpc) is 4.22. The number of fused-ring (bicyclic) bond motifs is 8. The van der Waals surface area contributed by atoms with Crippen LogP contribution >= 0.6 is 11.3 Å². The molecule has 5 aromatic heterocycles. The predicted octanol–water partition coefficient (Wildman–Crippen LogP) is 7.83. The number of thiophene rings is 1. The second kappa shape index (κ2) is 17.1. The molecular weight excluding hydrogens is 1260 g/mol. The molecule has 0 saturated carbocycles. The van der Waals surface area contributed by atoms with E-state index >= 15 is 0 Å². The van der Waals surface area contributed by atoms with Crippen molar-refractivity contribution in [3.63, 3.8) is 0 Å². The number of rotatable bonds is 6. The van der Waals surface area contributed by atoms with Crippen LogP contribution in [-0.4, -0.2) is 43.0 Å². The van der Waals surface area contributed by atoms with E-state index in [-0.39, 0.29) is 55.6 Å². The summed E-state index contributed by atoms with van der Waals surface area (Å²) in [6.45, 7) is -0.646. The molecule has 0 spiro atoms. The smallest absolute Gasteiger partial charge is 0.215 e. The molecule has 0 amide bonds. The van der Waals surface area contributed by atoms with E-state index in [1.165, 1.54) is 11.3 Å². The summed E-state index contributed by atoms with van der Waals surface area (Å²) in [7, 11) is 0. The Kier molecular flexibility index (Phi) is 10.5.